The SMILES string of the molecule is C=C1C2=C(CCC2)C(c2cc(OC)cc(OC)c2)=NN1c1cc(N2CCC(CNC)C2)ccc1C(F)(F)F. The normalized spacial score (nSPS) is 19.7. The highest BCUT2D eigenvalue weighted by Crippen LogP contribution is 2.46. The predicted octanol–water partition coefficient (Wildman–Crippen LogP) is 5.99. The highest BCUT2D eigenvalue weighted by molar-refractivity contribution is 6.15. The van der Waals surface area contributed by atoms with Gasteiger partial charge in [-0.2, -0.15) is 18.3 Å². The summed E-state index contributed by atoms with van der Waals surface area (Å²) in [6, 6.07) is 9.79. The molecule has 1 fully saturated rings. The van der Waals surface area contributed by atoms with Crippen LogP contribution in [0.1, 0.15) is 36.8 Å². The van der Waals surface area contributed by atoms with Gasteiger partial charge >= 0.3 is 6.18 Å². The number of ether oxygens (including phenoxy) is 2. The molecule has 2 aliphatic heterocycles. The first-order chi connectivity index (χ1) is 18.2. The Bertz CT molecular complexity index is 1280. The molecular formula is C29H33F3N4O2. The second kappa shape index (κ2) is 10.4. The summed E-state index contributed by atoms with van der Waals surface area (Å²) >= 11 is 0. The lowest BCUT2D eigenvalue weighted by Crippen LogP contribution is -2.28. The number of allylic oxidation sites excluding steroid dienone is 2. The Balaban J connectivity index is 1.63. The lowest BCUT2D eigenvalue weighted by atomic mass is 9.95. The van der Waals surface area contributed by atoms with Crippen LogP contribution in [-0.4, -0.2) is 46.6 Å². The molecule has 2 aromatic carbocycles. The highest BCUT2D eigenvalue weighted by atomic mass is 19.4. The van der Waals surface area contributed by atoms with E-state index in [9.17, 15) is 13.2 Å². The number of methoxy groups -OCH3 is 2. The molecule has 1 unspecified atom stereocenters. The first kappa shape index (κ1) is 26.2. The van der Waals surface area contributed by atoms with E-state index in [0.29, 0.717) is 28.8 Å². The van der Waals surface area contributed by atoms with Crippen molar-refractivity contribution in [3.05, 3.63) is 70.9 Å². The van der Waals surface area contributed by atoms with Gasteiger partial charge in [0, 0.05) is 30.4 Å². The number of hydrogen-bond donors (Lipinski definition) is 1. The lowest BCUT2D eigenvalue weighted by molar-refractivity contribution is -0.137. The number of nitrogens with one attached hydrogen (secondary N) is 1. The monoisotopic (exact) mass is 526 g/mol. The zero-order valence-electron chi connectivity index (χ0n) is 22.0. The van der Waals surface area contributed by atoms with Gasteiger partial charge in [0.05, 0.1) is 36.9 Å². The summed E-state index contributed by atoms with van der Waals surface area (Å²) < 4.78 is 53.9. The van der Waals surface area contributed by atoms with Crippen molar-refractivity contribution in [1.29, 1.82) is 0 Å². The summed E-state index contributed by atoms with van der Waals surface area (Å²) in [5.74, 6) is 1.62. The first-order valence-corrected chi connectivity index (χ1v) is 12.9. The van der Waals surface area contributed by atoms with E-state index in [0.717, 1.165) is 67.7 Å². The van der Waals surface area contributed by atoms with Crippen molar-refractivity contribution in [2.45, 2.75) is 31.9 Å². The molecule has 1 aliphatic carbocycles. The van der Waals surface area contributed by atoms with Crippen molar-refractivity contribution in [1.82, 2.24) is 5.32 Å². The number of halogens is 3. The number of benzene rings is 2. The highest BCUT2D eigenvalue weighted by Gasteiger charge is 2.39. The fourth-order valence-corrected chi connectivity index (χ4v) is 5.70. The standard InChI is InChI=1S/C29H33F3N4O2/c1-18-24-6-5-7-25(24)28(20-12-22(37-3)15-23(13-20)38-4)34-36(18)27-14-21(8-9-26(27)29(30,31)32)35-11-10-19(17-35)16-33-2/h8-9,12-15,19,33H,1,5-7,10-11,16-17H2,2-4H3. The number of hydrazone groups is 1. The van der Waals surface area contributed by atoms with Crippen molar-refractivity contribution >= 4 is 17.1 Å². The lowest BCUT2D eigenvalue weighted by Gasteiger charge is -2.32. The molecule has 0 spiro atoms. The van der Waals surface area contributed by atoms with Crippen LogP contribution >= 0.6 is 0 Å². The van der Waals surface area contributed by atoms with Gasteiger partial charge in [-0.05, 0) is 86.7 Å². The van der Waals surface area contributed by atoms with Crippen LogP contribution in [0.15, 0.2) is 64.9 Å². The first-order valence-electron chi connectivity index (χ1n) is 12.9. The average molecular weight is 527 g/mol. The van der Waals surface area contributed by atoms with Crippen LogP contribution in [-0.2, 0) is 6.18 Å². The van der Waals surface area contributed by atoms with Crippen LogP contribution in [0.3, 0.4) is 0 Å². The predicted molar refractivity (Wildman–Crippen MR) is 144 cm³/mol. The third kappa shape index (κ3) is 4.87. The van der Waals surface area contributed by atoms with E-state index >= 15 is 0 Å². The number of nitrogens with zero attached hydrogens (tertiary/aromatic N) is 3. The molecule has 0 radical (unpaired) electrons. The van der Waals surface area contributed by atoms with Gasteiger partial charge in [-0.25, -0.2) is 5.01 Å². The summed E-state index contributed by atoms with van der Waals surface area (Å²) in [7, 11) is 5.05. The maximum absolute atomic E-state index is 14.3. The molecular weight excluding hydrogens is 493 g/mol. The van der Waals surface area contributed by atoms with Gasteiger partial charge in [0.2, 0.25) is 0 Å². The molecule has 1 atom stereocenters. The van der Waals surface area contributed by atoms with Gasteiger partial charge in [0.15, 0.2) is 0 Å². The molecule has 0 amide bonds. The molecule has 2 heterocycles. The second-order valence-electron chi connectivity index (χ2n) is 9.98. The fourth-order valence-electron chi connectivity index (χ4n) is 5.70. The Morgan fingerprint density at radius 3 is 2.42 bits per heavy atom. The third-order valence-electron chi connectivity index (χ3n) is 7.59. The molecule has 9 heteroatoms. The Kier molecular flexibility index (Phi) is 7.13. The van der Waals surface area contributed by atoms with E-state index in [-0.39, 0.29) is 5.69 Å². The van der Waals surface area contributed by atoms with Crippen LogP contribution in [0, 0.1) is 5.92 Å². The van der Waals surface area contributed by atoms with Crippen LogP contribution < -0.4 is 24.7 Å². The third-order valence-corrected chi connectivity index (χ3v) is 7.59. The van der Waals surface area contributed by atoms with Crippen molar-refractivity contribution < 1.29 is 22.6 Å². The van der Waals surface area contributed by atoms with Crippen LogP contribution in [0.2, 0.25) is 0 Å². The Morgan fingerprint density at radius 2 is 1.76 bits per heavy atom. The number of rotatable bonds is 7. The molecule has 6 nitrogen and oxygen atoms in total. The second-order valence-corrected chi connectivity index (χ2v) is 9.98. The summed E-state index contributed by atoms with van der Waals surface area (Å²) in [6.07, 6.45) is -1.14. The average Bonchev–Trinajstić information content (AvgIpc) is 3.58. The van der Waals surface area contributed by atoms with Gasteiger partial charge in [-0.15, -0.1) is 0 Å². The number of alkyl halides is 3. The van der Waals surface area contributed by atoms with Crippen molar-refractivity contribution in [2.75, 3.05) is 50.8 Å². The topological polar surface area (TPSA) is 49.3 Å². The quantitative estimate of drug-likeness (QED) is 0.481. The summed E-state index contributed by atoms with van der Waals surface area (Å²) in [5.41, 5.74) is 3.82. The molecule has 1 N–H and O–H groups in total. The summed E-state index contributed by atoms with van der Waals surface area (Å²) in [4.78, 5) is 2.15. The summed E-state index contributed by atoms with van der Waals surface area (Å²) in [5, 5.41) is 9.43. The van der Waals surface area contributed by atoms with Gasteiger partial charge in [0.1, 0.15) is 11.5 Å². The minimum Gasteiger partial charge on any atom is -0.497 e. The molecule has 202 valence electrons. The minimum absolute atomic E-state index is 0.0112. The zero-order valence-corrected chi connectivity index (χ0v) is 22.0. The Morgan fingerprint density at radius 1 is 1.05 bits per heavy atom. The maximum atomic E-state index is 14.3. The number of anilines is 2. The number of hydrogen-bond acceptors (Lipinski definition) is 6. The summed E-state index contributed by atoms with van der Waals surface area (Å²) in [6.45, 7) is 6.68. The fraction of sp³-hybridized carbons (Fsp3) is 0.414. The maximum Gasteiger partial charge on any atom is 0.418 e. The molecule has 1 saturated heterocycles. The van der Waals surface area contributed by atoms with E-state index in [2.05, 4.69) is 16.8 Å². The van der Waals surface area contributed by atoms with Crippen molar-refractivity contribution in [3.8, 4) is 11.5 Å². The molecule has 3 aliphatic rings. The van der Waals surface area contributed by atoms with Crippen LogP contribution in [0.5, 0.6) is 11.5 Å². The van der Waals surface area contributed by atoms with E-state index in [4.69, 9.17) is 14.6 Å². The van der Waals surface area contributed by atoms with E-state index in [1.165, 1.54) is 11.1 Å². The van der Waals surface area contributed by atoms with Gasteiger partial charge < -0.3 is 19.7 Å². The van der Waals surface area contributed by atoms with Gasteiger partial charge in [0.25, 0.3) is 0 Å². The van der Waals surface area contributed by atoms with E-state index in [1.807, 2.05) is 19.2 Å². The van der Waals surface area contributed by atoms with Crippen molar-refractivity contribution in [3.63, 3.8) is 0 Å². The van der Waals surface area contributed by atoms with Crippen molar-refractivity contribution in [2.24, 2.45) is 11.0 Å². The minimum atomic E-state index is -4.55. The largest absolute Gasteiger partial charge is 0.497 e. The van der Waals surface area contributed by atoms with E-state index < -0.39 is 11.7 Å². The van der Waals surface area contributed by atoms with Crippen LogP contribution in [0.25, 0.3) is 0 Å². The molecule has 0 bridgehead atoms. The van der Waals surface area contributed by atoms with Gasteiger partial charge in [-0.1, -0.05) is 6.58 Å². The van der Waals surface area contributed by atoms with Crippen LogP contribution in [0.4, 0.5) is 24.5 Å². The molecule has 5 rings (SSSR count). The Labute approximate surface area is 221 Å². The smallest absolute Gasteiger partial charge is 0.418 e. The molecule has 0 aromatic heterocycles. The van der Waals surface area contributed by atoms with E-state index in [1.54, 1.807) is 32.4 Å². The Hall–Kier alpha value is -3.46. The molecule has 0 saturated carbocycles. The van der Waals surface area contributed by atoms with Gasteiger partial charge in [-0.3, -0.25) is 0 Å². The molecule has 38 heavy (non-hydrogen) atoms. The zero-order chi connectivity index (χ0) is 27.0. The molecule has 2 aromatic rings.